The van der Waals surface area contributed by atoms with Crippen molar-refractivity contribution >= 4 is 10.1 Å². The zero-order chi connectivity index (χ0) is 32.5. The van der Waals surface area contributed by atoms with Gasteiger partial charge in [-0.1, -0.05) is 0 Å². The van der Waals surface area contributed by atoms with Crippen molar-refractivity contribution < 1.29 is 96.1 Å². The van der Waals surface area contributed by atoms with E-state index in [1.54, 1.807) is 0 Å². The lowest BCUT2D eigenvalue weighted by Crippen LogP contribution is -2.70. The predicted molar refractivity (Wildman–Crippen MR) is 94.2 cm³/mol. The molecule has 0 radical (unpaired) electrons. The lowest BCUT2D eigenvalue weighted by Gasteiger charge is -2.39. The second kappa shape index (κ2) is 11.5. The molecule has 0 saturated carbocycles. The van der Waals surface area contributed by atoms with E-state index in [0.717, 1.165) is 0 Å². The highest BCUT2D eigenvalue weighted by Crippen LogP contribution is 2.61. The Morgan fingerprint density at radius 3 is 0.974 bits per heavy atom. The van der Waals surface area contributed by atoms with Gasteiger partial charge in [0.05, 0.1) is 26.2 Å². The Morgan fingerprint density at radius 1 is 0.487 bits per heavy atom. The molecule has 0 aliphatic carbocycles. The molecule has 0 aliphatic rings. The average molecular weight is 648 g/mol. The van der Waals surface area contributed by atoms with Crippen molar-refractivity contribution in [2.75, 3.05) is 26.2 Å². The SMILES string of the molecule is CC[N+](CC)(CC)CC.O=S(=O)(OC(F)(F)C(F)(F)C(F)(F)C(F)(F)C(F)(F)C(F)(F)F)C(F)(F)C(F)(F)F. The van der Waals surface area contributed by atoms with Gasteiger partial charge < -0.3 is 4.48 Å². The normalized spacial score (nSPS) is 15.6. The minimum Gasteiger partial charge on any atom is -0.325 e. The van der Waals surface area contributed by atoms with Gasteiger partial charge in [0.1, 0.15) is 0 Å². The van der Waals surface area contributed by atoms with Crippen LogP contribution in [0.25, 0.3) is 0 Å². The van der Waals surface area contributed by atoms with Crippen LogP contribution in [0.5, 0.6) is 0 Å². The smallest absolute Gasteiger partial charge is 0.325 e. The lowest BCUT2D eigenvalue weighted by molar-refractivity contribution is -0.921. The number of hydrogen-bond donors (Lipinski definition) is 0. The fourth-order valence-electron chi connectivity index (χ4n) is 2.48. The second-order valence-corrected chi connectivity index (χ2v) is 9.06. The Hall–Kier alpha value is -1.39. The minimum absolute atomic E-state index is 1.24. The molecule has 0 heterocycles. The first-order chi connectivity index (χ1) is 16.7. The van der Waals surface area contributed by atoms with Crippen molar-refractivity contribution in [3.05, 3.63) is 0 Å². The van der Waals surface area contributed by atoms with Crippen LogP contribution in [0.3, 0.4) is 0 Å². The molecule has 0 aromatic carbocycles. The summed E-state index contributed by atoms with van der Waals surface area (Å²) < 4.78 is 247. The van der Waals surface area contributed by atoms with Crippen LogP contribution in [-0.2, 0) is 14.3 Å². The van der Waals surface area contributed by atoms with Crippen molar-refractivity contribution in [2.45, 2.75) is 75.1 Å². The Balaban J connectivity index is 0. The van der Waals surface area contributed by atoms with Crippen LogP contribution in [0, 0.1) is 0 Å². The van der Waals surface area contributed by atoms with Gasteiger partial charge in [0.2, 0.25) is 0 Å². The van der Waals surface area contributed by atoms with Gasteiger partial charge in [-0.25, -0.2) is 0 Å². The first-order valence-corrected chi connectivity index (χ1v) is 11.3. The molecule has 0 fully saturated rings. The number of hydrogen-bond acceptors (Lipinski definition) is 3. The summed E-state index contributed by atoms with van der Waals surface area (Å²) in [7, 11) is -8.50. The van der Waals surface area contributed by atoms with E-state index in [1.165, 1.54) is 34.8 Å². The zero-order valence-corrected chi connectivity index (χ0v) is 20.5. The first-order valence-electron chi connectivity index (χ1n) is 9.90. The van der Waals surface area contributed by atoms with Gasteiger partial charge in [-0.15, -0.1) is 0 Å². The first kappa shape index (κ1) is 39.8. The summed E-state index contributed by atoms with van der Waals surface area (Å²) in [5, 5.41) is -7.59. The maximum Gasteiger partial charge on any atom is 0.472 e. The van der Waals surface area contributed by atoms with Crippen molar-refractivity contribution in [1.29, 1.82) is 0 Å². The van der Waals surface area contributed by atoms with E-state index >= 15 is 0 Å². The molecule has 238 valence electrons. The maximum absolute atomic E-state index is 13.0. The molecule has 0 bridgehead atoms. The number of halogens is 18. The molecule has 0 saturated heterocycles. The van der Waals surface area contributed by atoms with Gasteiger partial charge in [0.25, 0.3) is 0 Å². The Kier molecular flexibility index (Phi) is 11.7. The zero-order valence-electron chi connectivity index (χ0n) is 19.7. The molecule has 39 heavy (non-hydrogen) atoms. The van der Waals surface area contributed by atoms with E-state index in [4.69, 9.17) is 0 Å². The van der Waals surface area contributed by atoms with Crippen LogP contribution in [0.1, 0.15) is 27.7 Å². The van der Waals surface area contributed by atoms with Gasteiger partial charge >= 0.3 is 57.5 Å². The van der Waals surface area contributed by atoms with Crippen LogP contribution in [-0.4, -0.2) is 86.5 Å². The molecule has 4 nitrogen and oxygen atoms in total. The summed E-state index contributed by atoms with van der Waals surface area (Å²) in [6, 6.07) is 0. The topological polar surface area (TPSA) is 43.4 Å². The summed E-state index contributed by atoms with van der Waals surface area (Å²) in [4.78, 5) is 0. The monoisotopic (exact) mass is 648 g/mol. The Morgan fingerprint density at radius 2 is 0.769 bits per heavy atom. The molecule has 23 heteroatoms. The molecule has 0 aromatic rings. The second-order valence-electron chi connectivity index (χ2n) is 7.47. The summed E-state index contributed by atoms with van der Waals surface area (Å²) in [6.45, 7) is 14.2. The van der Waals surface area contributed by atoms with Gasteiger partial charge in [0, 0.05) is 0 Å². The number of quaternary nitrogens is 1. The average Bonchev–Trinajstić information content (AvgIpc) is 2.73. The Labute approximate surface area is 208 Å². The van der Waals surface area contributed by atoms with Crippen molar-refractivity contribution in [2.24, 2.45) is 0 Å². The summed E-state index contributed by atoms with van der Waals surface area (Å²) in [5.74, 6) is -34.0. The molecule has 0 amide bonds. The molecule has 0 aliphatic heterocycles. The number of nitrogens with zero attached hydrogens (tertiary/aromatic N) is 1. The van der Waals surface area contributed by atoms with Crippen molar-refractivity contribution in [3.8, 4) is 0 Å². The van der Waals surface area contributed by atoms with Crippen LogP contribution >= 0.6 is 0 Å². The maximum atomic E-state index is 13.0. The quantitative estimate of drug-likeness (QED) is 0.137. The lowest BCUT2D eigenvalue weighted by atomic mass is 9.97. The third-order valence-electron chi connectivity index (χ3n) is 5.45. The molecule has 0 N–H and O–H groups in total. The van der Waals surface area contributed by atoms with Gasteiger partial charge in [-0.3, -0.25) is 0 Å². The molecule has 0 unspecified atom stereocenters. The van der Waals surface area contributed by atoms with Gasteiger partial charge in [-0.2, -0.15) is 91.6 Å². The molecule has 0 aromatic heterocycles. The van der Waals surface area contributed by atoms with Crippen LogP contribution in [0.15, 0.2) is 0 Å². The highest BCUT2D eigenvalue weighted by atomic mass is 32.2. The van der Waals surface area contributed by atoms with Gasteiger partial charge in [-0.05, 0) is 27.7 Å². The van der Waals surface area contributed by atoms with E-state index < -0.39 is 57.5 Å². The third kappa shape index (κ3) is 6.92. The van der Waals surface area contributed by atoms with E-state index in [2.05, 4.69) is 27.7 Å². The van der Waals surface area contributed by atoms with Crippen LogP contribution in [0.4, 0.5) is 79.0 Å². The number of alkyl halides is 18. The molecular formula is C16H20F18NO3S+. The fraction of sp³-hybridized carbons (Fsp3) is 1.00. The molecular weight excluding hydrogens is 628 g/mol. The largest absolute Gasteiger partial charge is 0.472 e. The van der Waals surface area contributed by atoms with Crippen molar-refractivity contribution in [1.82, 2.24) is 0 Å². The standard InChI is InChI=1S/C8F18O3S.C8H20N/c9-1(10,3(13,14)5(17,18)19)2(11,12)4(15,16)7(23,24)29-30(27,28)8(25,26)6(20,21)22;1-5-9(6-2,7-3)8-4/h;5-8H2,1-4H3/q;+1. The fourth-order valence-corrected chi connectivity index (χ4v) is 3.25. The van der Waals surface area contributed by atoms with Crippen LogP contribution < -0.4 is 0 Å². The number of rotatable bonds is 11. The van der Waals surface area contributed by atoms with E-state index in [1.807, 2.05) is 0 Å². The highest BCUT2D eigenvalue weighted by Gasteiger charge is 2.92. The third-order valence-corrected chi connectivity index (χ3v) is 6.73. The van der Waals surface area contributed by atoms with Crippen LogP contribution in [0.2, 0.25) is 0 Å². The molecule has 0 rings (SSSR count). The molecule has 0 spiro atoms. The van der Waals surface area contributed by atoms with Gasteiger partial charge in [0.15, 0.2) is 0 Å². The predicted octanol–water partition coefficient (Wildman–Crippen LogP) is 7.07. The minimum atomic E-state index is -8.66. The summed E-state index contributed by atoms with van der Waals surface area (Å²) in [6.07, 6.45) is -23.4. The highest BCUT2D eigenvalue weighted by molar-refractivity contribution is 7.87. The van der Waals surface area contributed by atoms with E-state index in [0.29, 0.717) is 0 Å². The Bertz CT molecular complexity index is 889. The van der Waals surface area contributed by atoms with Crippen molar-refractivity contribution in [3.63, 3.8) is 0 Å². The van der Waals surface area contributed by atoms with E-state index in [9.17, 15) is 87.4 Å². The van der Waals surface area contributed by atoms with E-state index in [-0.39, 0.29) is 0 Å². The summed E-state index contributed by atoms with van der Waals surface area (Å²) in [5.41, 5.74) is 0. The molecule has 0 atom stereocenters. The summed E-state index contributed by atoms with van der Waals surface area (Å²) >= 11 is 0.